The lowest BCUT2D eigenvalue weighted by molar-refractivity contribution is 0.0689. The van der Waals surface area contributed by atoms with Crippen molar-refractivity contribution in [1.29, 1.82) is 0 Å². The number of nitrogens with zero attached hydrogens (tertiary/aromatic N) is 1. The van der Waals surface area contributed by atoms with Crippen LogP contribution in [0.1, 0.15) is 24.2 Å². The van der Waals surface area contributed by atoms with Gasteiger partial charge in [-0.15, -0.1) is 0 Å². The molecular weight excluding hydrogens is 250 g/mol. The van der Waals surface area contributed by atoms with Gasteiger partial charge in [0, 0.05) is 6.20 Å². The Balaban J connectivity index is 3.14. The predicted octanol–water partition coefficient (Wildman–Crippen LogP) is 2.33. The molecule has 1 heterocycles. The first-order chi connectivity index (χ1) is 6.52. The maximum Gasteiger partial charge on any atom is 0.340 e. The van der Waals surface area contributed by atoms with Crippen molar-refractivity contribution in [2.45, 2.75) is 20.0 Å². The van der Waals surface area contributed by atoms with Crippen LogP contribution in [0.2, 0.25) is 0 Å². The highest BCUT2D eigenvalue weighted by Gasteiger charge is 2.16. The van der Waals surface area contributed by atoms with E-state index in [9.17, 15) is 4.79 Å². The van der Waals surface area contributed by atoms with E-state index in [-0.39, 0.29) is 17.4 Å². The molecule has 0 atom stereocenters. The van der Waals surface area contributed by atoms with Crippen LogP contribution in [0.4, 0.5) is 0 Å². The molecule has 0 bridgehead atoms. The van der Waals surface area contributed by atoms with Gasteiger partial charge in [0.25, 0.3) is 0 Å². The molecule has 0 unspecified atom stereocenters. The fourth-order valence-electron chi connectivity index (χ4n) is 0.968. The van der Waals surface area contributed by atoms with Crippen molar-refractivity contribution in [3.05, 3.63) is 22.4 Å². The third-order valence-corrected chi connectivity index (χ3v) is 2.04. The molecule has 4 nitrogen and oxygen atoms in total. The summed E-state index contributed by atoms with van der Waals surface area (Å²) in [7, 11) is 0. The Bertz CT molecular complexity index is 352. The minimum atomic E-state index is -1.03. The molecule has 0 aliphatic heterocycles. The van der Waals surface area contributed by atoms with Gasteiger partial charge < -0.3 is 9.84 Å². The van der Waals surface area contributed by atoms with Gasteiger partial charge >= 0.3 is 5.97 Å². The van der Waals surface area contributed by atoms with E-state index in [1.165, 1.54) is 12.4 Å². The molecule has 0 saturated carbocycles. The topological polar surface area (TPSA) is 59.4 Å². The Morgan fingerprint density at radius 2 is 2.21 bits per heavy atom. The van der Waals surface area contributed by atoms with Crippen LogP contribution in [0, 0.1) is 0 Å². The summed E-state index contributed by atoms with van der Waals surface area (Å²) in [4.78, 5) is 14.7. The van der Waals surface area contributed by atoms with Crippen LogP contribution >= 0.6 is 15.9 Å². The lowest BCUT2D eigenvalue weighted by atomic mass is 10.2. The highest BCUT2D eigenvalue weighted by atomic mass is 79.9. The molecule has 5 heteroatoms. The van der Waals surface area contributed by atoms with Gasteiger partial charge in [-0.3, -0.25) is 4.98 Å². The highest BCUT2D eigenvalue weighted by Crippen LogP contribution is 2.25. The number of rotatable bonds is 3. The number of carbonyl (C=O) groups is 1. The smallest absolute Gasteiger partial charge is 0.340 e. The lowest BCUT2D eigenvalue weighted by Gasteiger charge is -2.12. The molecule has 1 rings (SSSR count). The van der Waals surface area contributed by atoms with Crippen molar-refractivity contribution in [2.75, 3.05) is 0 Å². The van der Waals surface area contributed by atoms with Gasteiger partial charge in [-0.25, -0.2) is 4.79 Å². The zero-order chi connectivity index (χ0) is 10.7. The molecule has 0 amide bonds. The fourth-order valence-corrected chi connectivity index (χ4v) is 1.45. The normalized spacial score (nSPS) is 10.3. The van der Waals surface area contributed by atoms with Crippen molar-refractivity contribution in [2.24, 2.45) is 0 Å². The van der Waals surface area contributed by atoms with Gasteiger partial charge in [0.1, 0.15) is 5.56 Å². The van der Waals surface area contributed by atoms with Gasteiger partial charge in [-0.2, -0.15) is 0 Å². The Labute approximate surface area is 90.0 Å². The third kappa shape index (κ3) is 2.45. The lowest BCUT2D eigenvalue weighted by Crippen LogP contribution is -2.10. The van der Waals surface area contributed by atoms with E-state index in [1.54, 1.807) is 0 Å². The summed E-state index contributed by atoms with van der Waals surface area (Å²) in [6.07, 6.45) is 2.74. The summed E-state index contributed by atoms with van der Waals surface area (Å²) in [6, 6.07) is 0. The van der Waals surface area contributed by atoms with Crippen molar-refractivity contribution in [3.8, 4) is 5.75 Å². The standard InChI is InChI=1S/C9H10BrNO3/c1-5(2)14-7-4-11-3-6(10)8(7)9(12)13/h3-5H,1-2H3,(H,12,13). The number of pyridine rings is 1. The zero-order valence-electron chi connectivity index (χ0n) is 7.82. The number of halogens is 1. The number of carboxylic acid groups (broad SMARTS) is 1. The molecular formula is C9H10BrNO3. The van der Waals surface area contributed by atoms with Gasteiger partial charge in [-0.05, 0) is 29.8 Å². The quantitative estimate of drug-likeness (QED) is 0.906. The maximum absolute atomic E-state index is 10.9. The van der Waals surface area contributed by atoms with Crippen LogP contribution in [0.15, 0.2) is 16.9 Å². The Kier molecular flexibility index (Phi) is 3.46. The van der Waals surface area contributed by atoms with Gasteiger partial charge in [-0.1, -0.05) is 0 Å². The van der Waals surface area contributed by atoms with Crippen LogP contribution in [0.3, 0.4) is 0 Å². The van der Waals surface area contributed by atoms with Gasteiger partial charge in [0.05, 0.1) is 16.8 Å². The van der Waals surface area contributed by atoms with Crippen LogP contribution in [-0.2, 0) is 0 Å². The molecule has 0 fully saturated rings. The molecule has 0 aromatic carbocycles. The summed E-state index contributed by atoms with van der Waals surface area (Å²) >= 11 is 3.11. The maximum atomic E-state index is 10.9. The van der Waals surface area contributed by atoms with E-state index in [2.05, 4.69) is 20.9 Å². The summed E-state index contributed by atoms with van der Waals surface area (Å²) in [5.41, 5.74) is 0.105. The van der Waals surface area contributed by atoms with Crippen molar-refractivity contribution >= 4 is 21.9 Å². The first kappa shape index (κ1) is 11.0. The molecule has 1 N–H and O–H groups in total. The van der Waals surface area contributed by atoms with Crippen molar-refractivity contribution in [1.82, 2.24) is 4.98 Å². The Morgan fingerprint density at radius 1 is 1.57 bits per heavy atom. The highest BCUT2D eigenvalue weighted by molar-refractivity contribution is 9.10. The van der Waals surface area contributed by atoms with Crippen LogP contribution in [0.5, 0.6) is 5.75 Å². The molecule has 0 aliphatic rings. The van der Waals surface area contributed by atoms with Gasteiger partial charge in [0.2, 0.25) is 0 Å². The zero-order valence-corrected chi connectivity index (χ0v) is 9.41. The van der Waals surface area contributed by atoms with E-state index < -0.39 is 5.97 Å². The fraction of sp³-hybridized carbons (Fsp3) is 0.333. The molecule has 0 spiro atoms. The first-order valence-corrected chi connectivity index (χ1v) is 4.85. The summed E-state index contributed by atoms with van der Waals surface area (Å²) in [6.45, 7) is 3.65. The molecule has 0 aliphatic carbocycles. The van der Waals surface area contributed by atoms with Crippen LogP contribution in [-0.4, -0.2) is 22.2 Å². The monoisotopic (exact) mass is 259 g/mol. The van der Waals surface area contributed by atoms with Crippen LogP contribution in [0.25, 0.3) is 0 Å². The minimum Gasteiger partial charge on any atom is -0.488 e. The molecule has 1 aromatic rings. The third-order valence-electron chi connectivity index (χ3n) is 1.44. The number of aromatic nitrogens is 1. The molecule has 0 saturated heterocycles. The first-order valence-electron chi connectivity index (χ1n) is 4.05. The average Bonchev–Trinajstić information content (AvgIpc) is 2.01. The molecule has 76 valence electrons. The number of ether oxygens (including phenoxy) is 1. The van der Waals surface area contributed by atoms with E-state index >= 15 is 0 Å². The number of aromatic carboxylic acids is 1. The minimum absolute atomic E-state index is 0.0794. The Morgan fingerprint density at radius 3 is 2.71 bits per heavy atom. The van der Waals surface area contributed by atoms with Crippen molar-refractivity contribution in [3.63, 3.8) is 0 Å². The average molecular weight is 260 g/mol. The molecule has 14 heavy (non-hydrogen) atoms. The summed E-state index contributed by atoms with van der Waals surface area (Å²) in [5.74, 6) is -0.753. The largest absolute Gasteiger partial charge is 0.488 e. The van der Waals surface area contributed by atoms with E-state index in [0.717, 1.165) is 0 Å². The van der Waals surface area contributed by atoms with Gasteiger partial charge in [0.15, 0.2) is 5.75 Å². The number of hydrogen-bond donors (Lipinski definition) is 1. The molecule has 1 aromatic heterocycles. The number of carboxylic acids is 1. The van der Waals surface area contributed by atoms with Crippen molar-refractivity contribution < 1.29 is 14.6 Å². The van der Waals surface area contributed by atoms with Crippen LogP contribution < -0.4 is 4.74 Å². The SMILES string of the molecule is CC(C)Oc1cncc(Br)c1C(=O)O. The van der Waals surface area contributed by atoms with E-state index in [1.807, 2.05) is 13.8 Å². The summed E-state index contributed by atoms with van der Waals surface area (Å²) < 4.78 is 5.73. The molecule has 0 radical (unpaired) electrons. The number of hydrogen-bond acceptors (Lipinski definition) is 3. The predicted molar refractivity (Wildman–Crippen MR) is 54.7 cm³/mol. The Hall–Kier alpha value is -1.10. The van der Waals surface area contributed by atoms with E-state index in [0.29, 0.717) is 4.47 Å². The summed E-state index contributed by atoms with van der Waals surface area (Å²) in [5, 5.41) is 8.92. The second kappa shape index (κ2) is 4.41. The second-order valence-electron chi connectivity index (χ2n) is 2.97. The second-order valence-corrected chi connectivity index (χ2v) is 3.82. The van der Waals surface area contributed by atoms with E-state index in [4.69, 9.17) is 9.84 Å².